The van der Waals surface area contributed by atoms with Crippen molar-refractivity contribution < 1.29 is 14.9 Å². The maximum atomic E-state index is 9.60. The molecule has 0 fully saturated rings. The van der Waals surface area contributed by atoms with Crippen molar-refractivity contribution in [1.29, 1.82) is 0 Å². The highest BCUT2D eigenvalue weighted by molar-refractivity contribution is 5.78. The van der Waals surface area contributed by atoms with Gasteiger partial charge in [-0.1, -0.05) is 18.2 Å². The molecule has 0 radical (unpaired) electrons. The van der Waals surface area contributed by atoms with Gasteiger partial charge in [0.2, 0.25) is 5.95 Å². The largest absolute Gasteiger partial charge is 0.508 e. The summed E-state index contributed by atoms with van der Waals surface area (Å²) in [5.74, 6) is 1.49. The summed E-state index contributed by atoms with van der Waals surface area (Å²) in [4.78, 5) is 8.32. The molecule has 0 bridgehead atoms. The van der Waals surface area contributed by atoms with Crippen molar-refractivity contribution in [3.05, 3.63) is 54.7 Å². The molecule has 1 heterocycles. The second-order valence-corrected chi connectivity index (χ2v) is 5.26. The van der Waals surface area contributed by atoms with Crippen molar-refractivity contribution in [3.8, 4) is 22.6 Å². The molecular weight excluding hydrogens is 320 g/mol. The molecule has 7 heteroatoms. The Morgan fingerprint density at radius 3 is 2.64 bits per heavy atom. The second kappa shape index (κ2) is 7.50. The number of nitrogens with two attached hydrogens (primary N) is 1. The van der Waals surface area contributed by atoms with Gasteiger partial charge in [-0.05, 0) is 29.8 Å². The van der Waals surface area contributed by atoms with E-state index >= 15 is 0 Å². The van der Waals surface area contributed by atoms with E-state index in [0.717, 1.165) is 11.1 Å². The third-order valence-corrected chi connectivity index (χ3v) is 3.44. The zero-order chi connectivity index (χ0) is 17.6. The minimum atomic E-state index is -0.0362. The number of phenols is 1. The second-order valence-electron chi connectivity index (χ2n) is 5.26. The summed E-state index contributed by atoms with van der Waals surface area (Å²) >= 11 is 0. The Morgan fingerprint density at radius 1 is 1.12 bits per heavy atom. The molecule has 0 saturated heterocycles. The van der Waals surface area contributed by atoms with Crippen LogP contribution < -0.4 is 15.8 Å². The molecule has 25 heavy (non-hydrogen) atoms. The van der Waals surface area contributed by atoms with Crippen LogP contribution in [0.4, 0.5) is 17.5 Å². The highest BCUT2D eigenvalue weighted by Crippen LogP contribution is 2.30. The summed E-state index contributed by atoms with van der Waals surface area (Å²) in [6, 6.07) is 14.1. The zero-order valence-corrected chi connectivity index (χ0v) is 13.4. The number of hydrogen-bond acceptors (Lipinski definition) is 7. The third-order valence-electron chi connectivity index (χ3n) is 3.44. The summed E-state index contributed by atoms with van der Waals surface area (Å²) in [5, 5.41) is 21.6. The fourth-order valence-corrected chi connectivity index (χ4v) is 2.32. The maximum absolute atomic E-state index is 9.60. The van der Waals surface area contributed by atoms with Crippen LogP contribution in [0.1, 0.15) is 0 Å². The van der Waals surface area contributed by atoms with Crippen LogP contribution in [0.5, 0.6) is 11.5 Å². The SMILES string of the molecule is Nc1ncc(-c2ccc(OCCO)cc2)c(Nc2cccc(O)c2)n1. The van der Waals surface area contributed by atoms with E-state index in [1.54, 1.807) is 36.5 Å². The predicted molar refractivity (Wildman–Crippen MR) is 95.9 cm³/mol. The van der Waals surface area contributed by atoms with Crippen LogP contribution in [-0.4, -0.2) is 33.4 Å². The van der Waals surface area contributed by atoms with E-state index < -0.39 is 0 Å². The van der Waals surface area contributed by atoms with Crippen molar-refractivity contribution >= 4 is 17.5 Å². The Balaban J connectivity index is 1.91. The van der Waals surface area contributed by atoms with E-state index in [1.807, 2.05) is 18.2 Å². The minimum absolute atomic E-state index is 0.0362. The van der Waals surface area contributed by atoms with Crippen LogP contribution >= 0.6 is 0 Å². The first-order chi connectivity index (χ1) is 12.2. The lowest BCUT2D eigenvalue weighted by atomic mass is 10.1. The lowest BCUT2D eigenvalue weighted by Crippen LogP contribution is -2.03. The summed E-state index contributed by atoms with van der Waals surface area (Å²) in [5.41, 5.74) is 8.03. The van der Waals surface area contributed by atoms with E-state index in [9.17, 15) is 5.11 Å². The standard InChI is InChI=1S/C18H18N4O3/c19-18-20-11-16(12-4-6-15(7-5-12)25-9-8-23)17(22-18)21-13-2-1-3-14(24)10-13/h1-7,10-11,23-24H,8-9H2,(H3,19,20,21,22). The molecule has 3 aromatic rings. The van der Waals surface area contributed by atoms with Crippen LogP contribution in [0.3, 0.4) is 0 Å². The number of nitrogen functional groups attached to an aromatic ring is 1. The van der Waals surface area contributed by atoms with E-state index in [-0.39, 0.29) is 24.9 Å². The Labute approximate surface area is 144 Å². The molecule has 1 aromatic heterocycles. The van der Waals surface area contributed by atoms with Crippen LogP contribution in [0, 0.1) is 0 Å². The molecule has 7 nitrogen and oxygen atoms in total. The van der Waals surface area contributed by atoms with E-state index in [4.69, 9.17) is 15.6 Å². The normalized spacial score (nSPS) is 10.4. The van der Waals surface area contributed by atoms with Crippen molar-refractivity contribution in [3.63, 3.8) is 0 Å². The molecule has 0 spiro atoms. The smallest absolute Gasteiger partial charge is 0.221 e. The lowest BCUT2D eigenvalue weighted by molar-refractivity contribution is 0.201. The summed E-state index contributed by atoms with van der Waals surface area (Å²) in [7, 11) is 0. The molecule has 0 saturated carbocycles. The topological polar surface area (TPSA) is 114 Å². The Morgan fingerprint density at radius 2 is 1.92 bits per heavy atom. The van der Waals surface area contributed by atoms with Crippen molar-refractivity contribution in [2.24, 2.45) is 0 Å². The molecule has 0 aliphatic rings. The fraction of sp³-hybridized carbons (Fsp3) is 0.111. The van der Waals surface area contributed by atoms with Crippen molar-refractivity contribution in [2.45, 2.75) is 0 Å². The molecule has 0 aliphatic heterocycles. The average Bonchev–Trinajstić information content (AvgIpc) is 2.61. The van der Waals surface area contributed by atoms with E-state index in [0.29, 0.717) is 17.3 Å². The molecule has 2 aromatic carbocycles. The predicted octanol–water partition coefficient (Wildman–Crippen LogP) is 2.55. The number of ether oxygens (including phenoxy) is 1. The number of hydrogen-bond donors (Lipinski definition) is 4. The molecule has 0 atom stereocenters. The number of nitrogens with one attached hydrogen (secondary N) is 1. The van der Waals surface area contributed by atoms with Crippen LogP contribution in [0.25, 0.3) is 11.1 Å². The number of aromatic nitrogens is 2. The van der Waals surface area contributed by atoms with Gasteiger partial charge in [0, 0.05) is 23.5 Å². The van der Waals surface area contributed by atoms with E-state index in [1.165, 1.54) is 0 Å². The highest BCUT2D eigenvalue weighted by atomic mass is 16.5. The Bertz CT molecular complexity index is 853. The molecule has 3 rings (SSSR count). The number of aliphatic hydroxyl groups excluding tert-OH is 1. The monoisotopic (exact) mass is 338 g/mol. The summed E-state index contributed by atoms with van der Waals surface area (Å²) in [6.45, 7) is 0.209. The first kappa shape index (κ1) is 16.5. The number of anilines is 3. The fourth-order valence-electron chi connectivity index (χ4n) is 2.32. The molecule has 128 valence electrons. The van der Waals surface area contributed by atoms with Gasteiger partial charge < -0.3 is 26.0 Å². The molecule has 0 amide bonds. The minimum Gasteiger partial charge on any atom is -0.508 e. The molecule has 0 unspecified atom stereocenters. The van der Waals surface area contributed by atoms with E-state index in [2.05, 4.69) is 15.3 Å². The van der Waals surface area contributed by atoms with Gasteiger partial charge in [-0.15, -0.1) is 0 Å². The van der Waals surface area contributed by atoms with Gasteiger partial charge in [-0.3, -0.25) is 0 Å². The van der Waals surface area contributed by atoms with Crippen LogP contribution in [0.15, 0.2) is 54.7 Å². The molecular formula is C18H18N4O3. The van der Waals surface area contributed by atoms with Gasteiger partial charge in [-0.2, -0.15) is 4.98 Å². The maximum Gasteiger partial charge on any atom is 0.221 e. The first-order valence-corrected chi connectivity index (χ1v) is 7.68. The van der Waals surface area contributed by atoms with Gasteiger partial charge >= 0.3 is 0 Å². The summed E-state index contributed by atoms with van der Waals surface area (Å²) < 4.78 is 5.36. The number of nitrogens with zero attached hydrogens (tertiary/aromatic N) is 2. The molecule has 0 aliphatic carbocycles. The highest BCUT2D eigenvalue weighted by Gasteiger charge is 2.10. The van der Waals surface area contributed by atoms with Gasteiger partial charge in [0.15, 0.2) is 0 Å². The van der Waals surface area contributed by atoms with Gasteiger partial charge in [0.25, 0.3) is 0 Å². The number of aromatic hydroxyl groups is 1. The zero-order valence-electron chi connectivity index (χ0n) is 13.4. The Hall–Kier alpha value is -3.32. The van der Waals surface area contributed by atoms with Gasteiger partial charge in [0.05, 0.1) is 6.61 Å². The molecule has 5 N–H and O–H groups in total. The van der Waals surface area contributed by atoms with Crippen molar-refractivity contribution in [1.82, 2.24) is 9.97 Å². The lowest BCUT2D eigenvalue weighted by Gasteiger charge is -2.12. The Kier molecular flexibility index (Phi) is 4.96. The number of aliphatic hydroxyl groups is 1. The average molecular weight is 338 g/mol. The van der Waals surface area contributed by atoms with Gasteiger partial charge in [0.1, 0.15) is 23.9 Å². The number of benzene rings is 2. The van der Waals surface area contributed by atoms with Crippen molar-refractivity contribution in [2.75, 3.05) is 24.3 Å². The number of rotatable bonds is 6. The quantitative estimate of drug-likeness (QED) is 0.546. The summed E-state index contributed by atoms with van der Waals surface area (Å²) in [6.07, 6.45) is 1.64. The van der Waals surface area contributed by atoms with Gasteiger partial charge in [-0.25, -0.2) is 4.98 Å². The van der Waals surface area contributed by atoms with Crippen LogP contribution in [-0.2, 0) is 0 Å². The third kappa shape index (κ3) is 4.15. The number of phenolic OH excluding ortho intramolecular Hbond substituents is 1. The first-order valence-electron chi connectivity index (χ1n) is 7.68. The van der Waals surface area contributed by atoms with Crippen LogP contribution in [0.2, 0.25) is 0 Å².